The monoisotopic (exact) mass is 398 g/mol. The molecule has 0 fully saturated rings. The van der Waals surface area contributed by atoms with Crippen LogP contribution in [0.2, 0.25) is 0 Å². The van der Waals surface area contributed by atoms with Gasteiger partial charge < -0.3 is 15.2 Å². The van der Waals surface area contributed by atoms with Gasteiger partial charge in [-0.25, -0.2) is 0 Å². The molecule has 0 radical (unpaired) electrons. The first-order chi connectivity index (χ1) is 13.6. The smallest absolute Gasteiger partial charge is 0.311 e. The van der Waals surface area contributed by atoms with E-state index in [0.29, 0.717) is 17.1 Å². The molecule has 2 aromatic rings. The number of nitrogens with zero attached hydrogens (tertiary/aromatic N) is 1. The van der Waals surface area contributed by atoms with Crippen molar-refractivity contribution in [1.29, 1.82) is 0 Å². The van der Waals surface area contributed by atoms with Gasteiger partial charge in [-0.3, -0.25) is 14.6 Å². The van der Waals surface area contributed by atoms with Gasteiger partial charge in [0.1, 0.15) is 18.0 Å². The Morgan fingerprint density at radius 2 is 2.07 bits per heavy atom. The molecule has 2 aromatic carbocycles. The van der Waals surface area contributed by atoms with E-state index in [-0.39, 0.29) is 0 Å². The van der Waals surface area contributed by atoms with Gasteiger partial charge in [-0.15, -0.1) is 11.8 Å². The molecule has 1 aliphatic rings. The fourth-order valence-corrected chi connectivity index (χ4v) is 3.99. The summed E-state index contributed by atoms with van der Waals surface area (Å²) in [6.07, 6.45) is 0.514. The summed E-state index contributed by atoms with van der Waals surface area (Å²) >= 11 is 1.63. The maximum atomic E-state index is 12.1. The number of ketones is 1. The number of aliphatic imine (C=N–C) groups is 1. The van der Waals surface area contributed by atoms with E-state index >= 15 is 0 Å². The third kappa shape index (κ3) is 4.92. The highest BCUT2D eigenvalue weighted by Crippen LogP contribution is 2.31. The first kappa shape index (κ1) is 19.9. The molecule has 0 aromatic heterocycles. The number of carbonyl (C=O) groups is 2. The largest absolute Gasteiger partial charge is 0.496 e. The summed E-state index contributed by atoms with van der Waals surface area (Å²) in [5, 5.41) is 12.2. The molecule has 0 aliphatic carbocycles. The van der Waals surface area contributed by atoms with Crippen LogP contribution >= 0.6 is 11.8 Å². The van der Waals surface area contributed by atoms with Crippen molar-refractivity contribution in [3.05, 3.63) is 59.2 Å². The summed E-state index contributed by atoms with van der Waals surface area (Å²) in [6, 6.07) is 13.1. The molecule has 1 heterocycles. The molecule has 6 nitrogen and oxygen atoms in total. The van der Waals surface area contributed by atoms with Crippen molar-refractivity contribution in [2.75, 3.05) is 20.2 Å². The van der Waals surface area contributed by atoms with Crippen LogP contribution in [0.1, 0.15) is 34.3 Å². The van der Waals surface area contributed by atoms with Gasteiger partial charge in [-0.05, 0) is 30.7 Å². The third-order valence-corrected chi connectivity index (χ3v) is 5.46. The summed E-state index contributed by atoms with van der Waals surface area (Å²) in [4.78, 5) is 28.6. The van der Waals surface area contributed by atoms with Crippen LogP contribution in [0.25, 0.3) is 0 Å². The maximum Gasteiger partial charge on any atom is 0.311 e. The number of thioether (sulfide) groups is 1. The standard InChI is InChI=1S/C21H22N2O4S/c1-27-18-8-7-14(17(24)12-20(25)26)11-15(18)13-28-19-6-3-2-5-16(19)21-22-9-4-10-23-21/h2-3,5-8,11H,4,9-10,12-13H2,1H3,(H,22,23)(H,25,26). The number of carboxylic acids is 1. The van der Waals surface area contributed by atoms with E-state index in [9.17, 15) is 9.59 Å². The van der Waals surface area contributed by atoms with Crippen LogP contribution in [0.5, 0.6) is 5.75 Å². The second kappa shape index (κ2) is 9.41. The van der Waals surface area contributed by atoms with Gasteiger partial charge in [0.25, 0.3) is 0 Å². The minimum Gasteiger partial charge on any atom is -0.496 e. The second-order valence-corrected chi connectivity index (χ2v) is 7.33. The lowest BCUT2D eigenvalue weighted by Crippen LogP contribution is -2.30. The molecule has 0 saturated heterocycles. The zero-order valence-electron chi connectivity index (χ0n) is 15.6. The van der Waals surface area contributed by atoms with Gasteiger partial charge in [0, 0.05) is 40.4 Å². The van der Waals surface area contributed by atoms with E-state index in [1.165, 1.54) is 0 Å². The Balaban J connectivity index is 1.82. The van der Waals surface area contributed by atoms with Gasteiger partial charge in [0.15, 0.2) is 5.78 Å². The van der Waals surface area contributed by atoms with Crippen molar-refractivity contribution < 1.29 is 19.4 Å². The zero-order chi connectivity index (χ0) is 19.9. The summed E-state index contributed by atoms with van der Waals surface area (Å²) < 4.78 is 5.42. The number of nitrogens with one attached hydrogen (secondary N) is 1. The summed E-state index contributed by atoms with van der Waals surface area (Å²) in [7, 11) is 1.58. The molecule has 1 aliphatic heterocycles. The minimum atomic E-state index is -1.13. The predicted octanol–water partition coefficient (Wildman–Crippen LogP) is 3.38. The van der Waals surface area contributed by atoms with Crippen molar-refractivity contribution in [3.8, 4) is 5.75 Å². The number of hydrogen-bond acceptors (Lipinski definition) is 6. The van der Waals surface area contributed by atoms with Crippen LogP contribution in [0.4, 0.5) is 0 Å². The summed E-state index contributed by atoms with van der Waals surface area (Å²) in [5.74, 6) is 0.618. The first-order valence-corrected chi connectivity index (χ1v) is 9.99. The molecule has 0 bridgehead atoms. The lowest BCUT2D eigenvalue weighted by molar-refractivity contribution is -0.135. The van der Waals surface area contributed by atoms with Crippen LogP contribution in [0, 0.1) is 0 Å². The van der Waals surface area contributed by atoms with Crippen LogP contribution in [-0.2, 0) is 10.5 Å². The van der Waals surface area contributed by atoms with Gasteiger partial charge in [-0.2, -0.15) is 0 Å². The second-order valence-electron chi connectivity index (χ2n) is 6.32. The Morgan fingerprint density at radius 3 is 2.79 bits per heavy atom. The van der Waals surface area contributed by atoms with Crippen LogP contribution in [0.3, 0.4) is 0 Å². The number of Topliss-reactive ketones (excluding diaryl/α,β-unsaturated/α-hetero) is 1. The van der Waals surface area contributed by atoms with Gasteiger partial charge >= 0.3 is 5.97 Å². The predicted molar refractivity (Wildman–Crippen MR) is 110 cm³/mol. The van der Waals surface area contributed by atoms with E-state index in [1.54, 1.807) is 37.1 Å². The number of carboxylic acid groups (broad SMARTS) is 1. The molecular formula is C21H22N2O4S. The average molecular weight is 398 g/mol. The first-order valence-electron chi connectivity index (χ1n) is 9.01. The van der Waals surface area contributed by atoms with E-state index in [2.05, 4.69) is 10.3 Å². The van der Waals surface area contributed by atoms with Gasteiger partial charge in [0.2, 0.25) is 0 Å². The Morgan fingerprint density at radius 1 is 1.25 bits per heavy atom. The molecule has 146 valence electrons. The maximum absolute atomic E-state index is 12.1. The number of rotatable bonds is 8. The van der Waals surface area contributed by atoms with E-state index in [4.69, 9.17) is 9.84 Å². The van der Waals surface area contributed by atoms with Crippen LogP contribution in [0.15, 0.2) is 52.4 Å². The zero-order valence-corrected chi connectivity index (χ0v) is 16.4. The molecule has 3 rings (SSSR count). The quantitative estimate of drug-likeness (QED) is 0.403. The molecule has 0 saturated carbocycles. The van der Waals surface area contributed by atoms with Crippen LogP contribution < -0.4 is 10.1 Å². The Bertz CT molecular complexity index is 911. The molecule has 2 N–H and O–H groups in total. The number of methoxy groups -OCH3 is 1. The number of hydrogen-bond donors (Lipinski definition) is 2. The molecule has 7 heteroatoms. The molecular weight excluding hydrogens is 376 g/mol. The number of ether oxygens (including phenoxy) is 1. The fourth-order valence-electron chi connectivity index (χ4n) is 2.96. The third-order valence-electron chi connectivity index (χ3n) is 4.34. The van der Waals surface area contributed by atoms with Crippen molar-refractivity contribution in [1.82, 2.24) is 5.32 Å². The summed E-state index contributed by atoms with van der Waals surface area (Å²) in [5.41, 5.74) is 2.28. The Kier molecular flexibility index (Phi) is 6.71. The van der Waals surface area contributed by atoms with Gasteiger partial charge in [-0.1, -0.05) is 18.2 Å². The lowest BCUT2D eigenvalue weighted by Gasteiger charge is -2.17. The highest BCUT2D eigenvalue weighted by molar-refractivity contribution is 7.98. The topological polar surface area (TPSA) is 88.0 Å². The fraction of sp³-hybridized carbons (Fsp3) is 0.286. The van der Waals surface area contributed by atoms with E-state index in [0.717, 1.165) is 41.4 Å². The molecule has 0 spiro atoms. The summed E-state index contributed by atoms with van der Waals surface area (Å²) in [6.45, 7) is 1.74. The minimum absolute atomic E-state index is 0.380. The molecule has 0 unspecified atom stereocenters. The van der Waals surface area contributed by atoms with Crippen molar-refractivity contribution in [3.63, 3.8) is 0 Å². The Labute approximate surface area is 168 Å². The molecule has 28 heavy (non-hydrogen) atoms. The average Bonchev–Trinajstić information content (AvgIpc) is 2.72. The van der Waals surface area contributed by atoms with E-state index in [1.807, 2.05) is 24.3 Å². The van der Waals surface area contributed by atoms with Crippen molar-refractivity contribution >= 4 is 29.4 Å². The molecule has 0 amide bonds. The number of amidine groups is 1. The normalized spacial score (nSPS) is 13.4. The van der Waals surface area contributed by atoms with E-state index < -0.39 is 18.2 Å². The molecule has 0 atom stereocenters. The number of benzene rings is 2. The highest BCUT2D eigenvalue weighted by Gasteiger charge is 2.15. The lowest BCUT2D eigenvalue weighted by atomic mass is 10.1. The van der Waals surface area contributed by atoms with Crippen molar-refractivity contribution in [2.45, 2.75) is 23.5 Å². The number of aliphatic carboxylic acids is 1. The SMILES string of the molecule is COc1ccc(C(=O)CC(=O)O)cc1CSc1ccccc1C1=NCCCN1. The van der Waals surface area contributed by atoms with Gasteiger partial charge in [0.05, 0.1) is 7.11 Å². The Hall–Kier alpha value is -2.80. The van der Waals surface area contributed by atoms with Crippen LogP contribution in [-0.4, -0.2) is 42.9 Å². The number of carbonyl (C=O) groups excluding carboxylic acids is 1. The van der Waals surface area contributed by atoms with Crippen molar-refractivity contribution in [2.24, 2.45) is 4.99 Å². The highest BCUT2D eigenvalue weighted by atomic mass is 32.2.